The summed E-state index contributed by atoms with van der Waals surface area (Å²) in [6, 6.07) is 0.387. The molecule has 0 spiro atoms. The van der Waals surface area contributed by atoms with Crippen LogP contribution in [0.5, 0.6) is 0 Å². The molecule has 0 radical (unpaired) electrons. The van der Waals surface area contributed by atoms with Gasteiger partial charge in [-0.15, -0.1) is 11.3 Å². The summed E-state index contributed by atoms with van der Waals surface area (Å²) in [5, 5.41) is 4.44. The summed E-state index contributed by atoms with van der Waals surface area (Å²) in [6.45, 7) is 9.07. The molecular weight excluding hydrogens is 256 g/mol. The quantitative estimate of drug-likeness (QED) is 0.867. The van der Waals surface area contributed by atoms with Crippen LogP contribution in [0.25, 0.3) is 0 Å². The van der Waals surface area contributed by atoms with E-state index in [-0.39, 0.29) is 0 Å². The molecule has 1 aliphatic rings. The summed E-state index contributed by atoms with van der Waals surface area (Å²) in [5.41, 5.74) is 1.16. The molecule has 2 rings (SSSR count). The fourth-order valence-corrected chi connectivity index (χ4v) is 3.60. The van der Waals surface area contributed by atoms with E-state index in [0.717, 1.165) is 23.9 Å². The third-order valence-corrected chi connectivity index (χ3v) is 5.38. The maximum absolute atomic E-state index is 4.71. The van der Waals surface area contributed by atoms with Crippen LogP contribution in [0.4, 0.5) is 5.13 Å². The van der Waals surface area contributed by atoms with E-state index in [1.54, 1.807) is 0 Å². The van der Waals surface area contributed by atoms with E-state index in [9.17, 15) is 0 Å². The molecule has 0 aromatic carbocycles. The molecule has 0 aliphatic carbocycles. The van der Waals surface area contributed by atoms with Gasteiger partial charge < -0.3 is 15.1 Å². The van der Waals surface area contributed by atoms with Crippen LogP contribution in [0.1, 0.15) is 36.4 Å². The zero-order valence-electron chi connectivity index (χ0n) is 12.6. The van der Waals surface area contributed by atoms with E-state index < -0.39 is 0 Å². The molecule has 1 aliphatic heterocycles. The Kier molecular flexibility index (Phi) is 5.19. The Hall–Kier alpha value is -0.650. The van der Waals surface area contributed by atoms with Crippen LogP contribution in [0.15, 0.2) is 0 Å². The largest absolute Gasteiger partial charge is 0.350 e. The van der Waals surface area contributed by atoms with Crippen molar-refractivity contribution in [3.8, 4) is 0 Å². The number of aryl methyl sites for hydroxylation is 1. The molecule has 0 amide bonds. The minimum absolute atomic E-state index is 0.387. The summed E-state index contributed by atoms with van der Waals surface area (Å²) >= 11 is 1.82. The molecular formula is C14H26N4S. The van der Waals surface area contributed by atoms with E-state index >= 15 is 0 Å². The third kappa shape index (κ3) is 3.68. The number of thiazole rings is 1. The van der Waals surface area contributed by atoms with E-state index in [2.05, 4.69) is 36.0 Å². The summed E-state index contributed by atoms with van der Waals surface area (Å²) in [4.78, 5) is 10.9. The number of rotatable bonds is 6. The van der Waals surface area contributed by atoms with Gasteiger partial charge >= 0.3 is 0 Å². The highest BCUT2D eigenvalue weighted by Gasteiger charge is 2.16. The maximum Gasteiger partial charge on any atom is 0.185 e. The first-order valence-corrected chi connectivity index (χ1v) is 8.01. The van der Waals surface area contributed by atoms with E-state index in [1.807, 2.05) is 18.4 Å². The molecule has 5 heteroatoms. The molecule has 19 heavy (non-hydrogen) atoms. The zero-order chi connectivity index (χ0) is 13.8. The summed E-state index contributed by atoms with van der Waals surface area (Å²) in [7, 11) is 4.16. The lowest BCUT2D eigenvalue weighted by atomic mass is 10.2. The van der Waals surface area contributed by atoms with Crippen molar-refractivity contribution in [1.29, 1.82) is 0 Å². The van der Waals surface area contributed by atoms with E-state index in [4.69, 9.17) is 4.98 Å². The van der Waals surface area contributed by atoms with Crippen molar-refractivity contribution in [2.45, 2.75) is 32.7 Å². The molecule has 1 saturated heterocycles. The average Bonchev–Trinajstić information content (AvgIpc) is 3.04. The van der Waals surface area contributed by atoms with Crippen LogP contribution < -0.4 is 10.2 Å². The molecule has 0 saturated carbocycles. The highest BCUT2D eigenvalue weighted by Crippen LogP contribution is 2.29. The molecule has 108 valence electrons. The topological polar surface area (TPSA) is 31.4 Å². The zero-order valence-corrected chi connectivity index (χ0v) is 13.4. The second-order valence-electron chi connectivity index (χ2n) is 5.43. The van der Waals surface area contributed by atoms with Gasteiger partial charge in [0.2, 0.25) is 0 Å². The number of anilines is 1. The second-order valence-corrected chi connectivity index (χ2v) is 6.44. The van der Waals surface area contributed by atoms with Gasteiger partial charge in [0.1, 0.15) is 0 Å². The van der Waals surface area contributed by atoms with Gasteiger partial charge in [-0.2, -0.15) is 0 Å². The Bertz CT molecular complexity index is 398. The SMILES string of the molecule is CNC(C)c1sc(N(C)CCN2CCCC2)nc1C. The number of likely N-dealkylation sites (N-methyl/N-ethyl adjacent to an activating group) is 1. The van der Waals surface area contributed by atoms with Crippen molar-refractivity contribution < 1.29 is 0 Å². The lowest BCUT2D eigenvalue weighted by Gasteiger charge is -2.20. The standard InChI is InChI=1S/C14H26N4S/c1-11(15-3)13-12(2)16-14(19-13)17(4)9-10-18-7-5-6-8-18/h11,15H,5-10H2,1-4H3. The van der Waals surface area contributed by atoms with E-state index in [0.29, 0.717) is 6.04 Å². The lowest BCUT2D eigenvalue weighted by Crippen LogP contribution is -2.31. The van der Waals surface area contributed by atoms with Gasteiger partial charge in [0.25, 0.3) is 0 Å². The molecule has 1 unspecified atom stereocenters. The number of hydrogen-bond acceptors (Lipinski definition) is 5. The van der Waals surface area contributed by atoms with Crippen molar-refractivity contribution in [2.75, 3.05) is 45.2 Å². The minimum Gasteiger partial charge on any atom is -0.350 e. The Labute approximate surface area is 120 Å². The van der Waals surface area contributed by atoms with Crippen LogP contribution in [0.2, 0.25) is 0 Å². The van der Waals surface area contributed by atoms with Gasteiger partial charge in [0.15, 0.2) is 5.13 Å². The molecule has 1 atom stereocenters. The van der Waals surface area contributed by atoms with Gasteiger partial charge in [0, 0.05) is 31.1 Å². The molecule has 2 heterocycles. The van der Waals surface area contributed by atoms with Crippen molar-refractivity contribution in [3.63, 3.8) is 0 Å². The summed E-state index contributed by atoms with van der Waals surface area (Å²) in [6.07, 6.45) is 2.73. The fraction of sp³-hybridized carbons (Fsp3) is 0.786. The highest BCUT2D eigenvalue weighted by atomic mass is 32.1. The molecule has 1 aromatic heterocycles. The van der Waals surface area contributed by atoms with Crippen molar-refractivity contribution in [2.24, 2.45) is 0 Å². The van der Waals surface area contributed by atoms with Crippen molar-refractivity contribution >= 4 is 16.5 Å². The summed E-state index contributed by atoms with van der Waals surface area (Å²) in [5.74, 6) is 0. The smallest absolute Gasteiger partial charge is 0.185 e. The van der Waals surface area contributed by atoms with Gasteiger partial charge in [0.05, 0.1) is 5.69 Å². The molecule has 4 nitrogen and oxygen atoms in total. The first-order valence-electron chi connectivity index (χ1n) is 7.20. The Morgan fingerprint density at radius 1 is 1.42 bits per heavy atom. The fourth-order valence-electron chi connectivity index (χ4n) is 2.48. The number of aromatic nitrogens is 1. The Morgan fingerprint density at radius 2 is 2.11 bits per heavy atom. The monoisotopic (exact) mass is 282 g/mol. The molecule has 0 bridgehead atoms. The highest BCUT2D eigenvalue weighted by molar-refractivity contribution is 7.15. The van der Waals surface area contributed by atoms with Crippen LogP contribution in [0.3, 0.4) is 0 Å². The molecule has 1 aromatic rings. The number of nitrogens with zero attached hydrogens (tertiary/aromatic N) is 3. The predicted octanol–water partition coefficient (Wildman–Crippen LogP) is 2.26. The van der Waals surface area contributed by atoms with Gasteiger partial charge in [-0.1, -0.05) is 0 Å². The van der Waals surface area contributed by atoms with Gasteiger partial charge in [-0.3, -0.25) is 0 Å². The van der Waals surface area contributed by atoms with Crippen LogP contribution >= 0.6 is 11.3 Å². The van der Waals surface area contributed by atoms with Crippen molar-refractivity contribution in [1.82, 2.24) is 15.2 Å². The third-order valence-electron chi connectivity index (χ3n) is 3.92. The first kappa shape index (κ1) is 14.8. The van der Waals surface area contributed by atoms with Gasteiger partial charge in [-0.05, 0) is 46.8 Å². The number of likely N-dealkylation sites (tertiary alicyclic amines) is 1. The predicted molar refractivity (Wildman–Crippen MR) is 83.3 cm³/mol. The number of nitrogens with one attached hydrogen (secondary N) is 1. The summed E-state index contributed by atoms with van der Waals surface area (Å²) < 4.78 is 0. The normalized spacial score (nSPS) is 17.9. The second kappa shape index (κ2) is 6.68. The van der Waals surface area contributed by atoms with Crippen molar-refractivity contribution in [3.05, 3.63) is 10.6 Å². The van der Waals surface area contributed by atoms with E-state index in [1.165, 1.54) is 30.8 Å². The van der Waals surface area contributed by atoms with Crippen LogP contribution in [-0.4, -0.2) is 50.2 Å². The Balaban J connectivity index is 1.92. The average molecular weight is 282 g/mol. The Morgan fingerprint density at radius 3 is 2.74 bits per heavy atom. The van der Waals surface area contributed by atoms with Crippen LogP contribution in [-0.2, 0) is 0 Å². The molecule has 1 fully saturated rings. The first-order chi connectivity index (χ1) is 9.11. The minimum atomic E-state index is 0.387. The maximum atomic E-state index is 4.71. The lowest BCUT2D eigenvalue weighted by molar-refractivity contribution is 0.346. The van der Waals surface area contributed by atoms with Crippen LogP contribution in [0, 0.1) is 6.92 Å². The van der Waals surface area contributed by atoms with Gasteiger partial charge in [-0.25, -0.2) is 4.98 Å². The number of hydrogen-bond donors (Lipinski definition) is 1. The molecule has 1 N–H and O–H groups in total.